The third-order valence-electron chi connectivity index (χ3n) is 7.74. The van der Waals surface area contributed by atoms with Crippen LogP contribution in [0.15, 0.2) is 64.7 Å². The van der Waals surface area contributed by atoms with Crippen LogP contribution in [0.4, 0.5) is 5.69 Å². The van der Waals surface area contributed by atoms with Crippen molar-refractivity contribution in [3.05, 3.63) is 76.0 Å². The van der Waals surface area contributed by atoms with Gasteiger partial charge in [-0.05, 0) is 23.4 Å². The molecule has 2 saturated heterocycles. The number of aliphatic hydroxyl groups excluding tert-OH is 2. The Hall–Kier alpha value is -3.35. The summed E-state index contributed by atoms with van der Waals surface area (Å²) in [7, 11) is 1.41. The Morgan fingerprint density at radius 3 is 2.67 bits per heavy atom. The molecule has 1 aromatic carbocycles. The average Bonchev–Trinajstić information content (AvgIpc) is 3.71. The summed E-state index contributed by atoms with van der Waals surface area (Å²) in [6.07, 6.45) is -2.42. The van der Waals surface area contributed by atoms with Crippen LogP contribution in [0.1, 0.15) is 18.9 Å². The van der Waals surface area contributed by atoms with Crippen molar-refractivity contribution in [1.29, 1.82) is 0 Å². The fraction of sp³-hybridized carbons (Fsp3) is 0.407. The fourth-order valence-electron chi connectivity index (χ4n) is 5.51. The molecule has 4 aromatic rings. The lowest BCUT2D eigenvalue weighted by atomic mass is 10.1. The van der Waals surface area contributed by atoms with Gasteiger partial charge in [-0.2, -0.15) is 0 Å². The first-order valence-corrected chi connectivity index (χ1v) is 16.5. The molecule has 2 unspecified atom stereocenters. The minimum absolute atomic E-state index is 0.00602. The van der Waals surface area contributed by atoms with Gasteiger partial charge < -0.3 is 44.1 Å². The van der Waals surface area contributed by atoms with E-state index in [0.717, 1.165) is 0 Å². The van der Waals surface area contributed by atoms with E-state index < -0.39 is 67.6 Å². The first-order valence-electron chi connectivity index (χ1n) is 13.9. The number of aliphatic hydroxyl groups is 2. The number of aromatic nitrogens is 5. The zero-order valence-electron chi connectivity index (χ0n) is 23.8. The lowest BCUT2D eigenvalue weighted by molar-refractivity contribution is -0.0599. The predicted molar refractivity (Wildman–Crippen MR) is 162 cm³/mol. The normalized spacial score (nSPS) is 28.0. The van der Waals surface area contributed by atoms with Crippen LogP contribution in [-0.2, 0) is 35.1 Å². The lowest BCUT2D eigenvalue weighted by Crippen LogP contribution is -2.35. The van der Waals surface area contributed by atoms with Crippen LogP contribution in [0.5, 0.6) is 0 Å². The van der Waals surface area contributed by atoms with E-state index in [1.54, 1.807) is 41.0 Å². The van der Waals surface area contributed by atoms with E-state index in [-0.39, 0.29) is 18.6 Å². The van der Waals surface area contributed by atoms with Crippen molar-refractivity contribution in [2.24, 2.45) is 0 Å². The molecule has 240 valence electrons. The summed E-state index contributed by atoms with van der Waals surface area (Å²) in [5, 5.41) is 20.9. The highest BCUT2D eigenvalue weighted by Crippen LogP contribution is 2.49. The second-order valence-corrected chi connectivity index (χ2v) is 13.3. The SMILES string of the molecule is COC1[C@@H](O)[C@@H](COP(O)(=S)O[C@@H]2C[C@H](n3cc(-c4ccccc4)c(=O)[nH]c3=O)O[C@@H]2CO)O[C@H]1n1cnc2c(N)ccnc21. The molecule has 0 spiro atoms. The number of nitrogen functional groups attached to an aromatic ring is 1. The van der Waals surface area contributed by atoms with E-state index in [2.05, 4.69) is 15.0 Å². The number of hydrogen-bond donors (Lipinski definition) is 5. The Balaban J connectivity index is 1.14. The molecule has 0 saturated carbocycles. The van der Waals surface area contributed by atoms with E-state index in [0.29, 0.717) is 22.4 Å². The largest absolute Gasteiger partial charge is 0.397 e. The summed E-state index contributed by atoms with van der Waals surface area (Å²) in [4.78, 5) is 47.0. The van der Waals surface area contributed by atoms with Crippen LogP contribution in [0.2, 0.25) is 0 Å². The molecule has 0 aliphatic carbocycles. The molecule has 0 amide bonds. The third-order valence-corrected chi connectivity index (χ3v) is 9.33. The van der Waals surface area contributed by atoms with E-state index in [1.165, 1.54) is 30.4 Å². The Morgan fingerprint density at radius 1 is 1.16 bits per heavy atom. The van der Waals surface area contributed by atoms with Crippen molar-refractivity contribution in [2.45, 2.75) is 49.4 Å². The zero-order chi connectivity index (χ0) is 31.9. The van der Waals surface area contributed by atoms with Crippen LogP contribution >= 0.6 is 6.72 Å². The van der Waals surface area contributed by atoms with Crippen molar-refractivity contribution < 1.29 is 38.4 Å². The molecule has 3 aromatic heterocycles. The van der Waals surface area contributed by atoms with Crippen LogP contribution in [-0.4, -0.2) is 90.0 Å². The minimum Gasteiger partial charge on any atom is -0.397 e. The molecule has 2 fully saturated rings. The molecule has 2 aliphatic heterocycles. The van der Waals surface area contributed by atoms with Crippen molar-refractivity contribution in [2.75, 3.05) is 26.1 Å². The molecule has 0 bridgehead atoms. The Morgan fingerprint density at radius 2 is 1.93 bits per heavy atom. The summed E-state index contributed by atoms with van der Waals surface area (Å²) in [5.41, 5.74) is 6.84. The summed E-state index contributed by atoms with van der Waals surface area (Å²) in [5.74, 6) is 0. The molecular weight excluding hydrogens is 631 g/mol. The molecule has 5 heterocycles. The molecule has 6 N–H and O–H groups in total. The molecule has 2 aliphatic rings. The number of aromatic amines is 1. The smallest absolute Gasteiger partial charge is 0.330 e. The lowest BCUT2D eigenvalue weighted by Gasteiger charge is -2.24. The number of rotatable bonds is 10. The highest BCUT2D eigenvalue weighted by atomic mass is 32.5. The highest BCUT2D eigenvalue weighted by molar-refractivity contribution is 8.07. The summed E-state index contributed by atoms with van der Waals surface area (Å²) >= 11 is 5.24. The van der Waals surface area contributed by atoms with Crippen molar-refractivity contribution in [3.8, 4) is 11.1 Å². The number of anilines is 1. The Kier molecular flexibility index (Phi) is 9.00. The molecule has 8 atom stereocenters. The van der Waals surface area contributed by atoms with E-state index in [1.807, 2.05) is 0 Å². The first-order chi connectivity index (χ1) is 21.6. The van der Waals surface area contributed by atoms with Crippen LogP contribution in [0.25, 0.3) is 22.3 Å². The molecule has 16 nitrogen and oxygen atoms in total. The maximum atomic E-state index is 12.7. The summed E-state index contributed by atoms with van der Waals surface area (Å²) in [6.45, 7) is -4.88. The van der Waals surface area contributed by atoms with Crippen LogP contribution in [0.3, 0.4) is 0 Å². The topological polar surface area (TPSA) is 218 Å². The summed E-state index contributed by atoms with van der Waals surface area (Å²) < 4.78 is 31.5. The monoisotopic (exact) mass is 662 g/mol. The van der Waals surface area contributed by atoms with Gasteiger partial charge in [0.15, 0.2) is 11.9 Å². The van der Waals surface area contributed by atoms with Gasteiger partial charge >= 0.3 is 12.4 Å². The second-order valence-electron chi connectivity index (χ2n) is 10.5. The number of nitrogens with two attached hydrogens (primary N) is 1. The number of hydrogen-bond acceptors (Lipinski definition) is 13. The van der Waals surface area contributed by atoms with Gasteiger partial charge in [0.1, 0.15) is 36.2 Å². The number of benzene rings is 1. The molecule has 0 radical (unpaired) electrons. The van der Waals surface area contributed by atoms with Crippen LogP contribution in [0, 0.1) is 0 Å². The van der Waals surface area contributed by atoms with Gasteiger partial charge in [-0.25, -0.2) is 14.8 Å². The number of nitrogens with one attached hydrogen (secondary N) is 1. The molecule has 45 heavy (non-hydrogen) atoms. The van der Waals surface area contributed by atoms with Gasteiger partial charge in [-0.3, -0.25) is 18.9 Å². The van der Waals surface area contributed by atoms with Gasteiger partial charge in [0.25, 0.3) is 5.56 Å². The fourth-order valence-corrected chi connectivity index (χ4v) is 6.99. The van der Waals surface area contributed by atoms with Gasteiger partial charge in [-0.1, -0.05) is 30.3 Å². The van der Waals surface area contributed by atoms with E-state index >= 15 is 0 Å². The number of nitrogens with zero attached hydrogens (tertiary/aromatic N) is 4. The molecule has 6 rings (SSSR count). The maximum absolute atomic E-state index is 12.7. The summed E-state index contributed by atoms with van der Waals surface area (Å²) in [6, 6.07) is 10.4. The van der Waals surface area contributed by atoms with Crippen molar-refractivity contribution >= 4 is 35.4 Å². The number of imidazole rings is 1. The van der Waals surface area contributed by atoms with Crippen LogP contribution < -0.4 is 17.0 Å². The van der Waals surface area contributed by atoms with E-state index in [4.69, 9.17) is 40.8 Å². The minimum atomic E-state index is -4.00. The van der Waals surface area contributed by atoms with Gasteiger partial charge in [0.05, 0.1) is 36.9 Å². The second kappa shape index (κ2) is 12.8. The maximum Gasteiger partial charge on any atom is 0.330 e. The predicted octanol–water partition coefficient (Wildman–Crippen LogP) is 0.402. The van der Waals surface area contributed by atoms with Crippen molar-refractivity contribution in [1.82, 2.24) is 24.1 Å². The van der Waals surface area contributed by atoms with E-state index in [9.17, 15) is 24.7 Å². The third kappa shape index (κ3) is 6.24. The highest BCUT2D eigenvalue weighted by Gasteiger charge is 2.47. The molecule has 18 heteroatoms. The number of methoxy groups -OCH3 is 1. The quantitative estimate of drug-likeness (QED) is 0.145. The number of pyridine rings is 1. The number of fused-ring (bicyclic) bond motifs is 1. The van der Waals surface area contributed by atoms with Gasteiger partial charge in [0.2, 0.25) is 0 Å². The zero-order valence-corrected chi connectivity index (χ0v) is 25.5. The van der Waals surface area contributed by atoms with Gasteiger partial charge in [-0.15, -0.1) is 0 Å². The standard InChI is InChI=1S/C27H31N6O10PS/c1-39-23-22(35)19(42-26(23)33-13-30-21-16(28)7-8-29-24(21)33)12-40-44(38,45)43-17-9-20(41-18(17)11-34)32-10-15(25(36)31-27(32)37)14-5-3-2-4-6-14/h2-8,10,13,17-20,22-23,26,34-35H,9,11-12H2,1H3,(H2,28,29)(H,38,45)(H,31,36,37)/t17-,18-,19-,20-,22+,23?,26-,44?/m1/s1. The Labute approximate surface area is 260 Å². The average molecular weight is 663 g/mol. The molecular formula is C27H31N6O10PS. The Bertz CT molecular complexity index is 1840. The van der Waals surface area contributed by atoms with Crippen molar-refractivity contribution in [3.63, 3.8) is 0 Å². The number of ether oxygens (including phenoxy) is 3. The number of H-pyrrole nitrogens is 1. The first kappa shape index (κ1) is 31.6. The van der Waals surface area contributed by atoms with Gasteiger partial charge in [0, 0.05) is 25.9 Å².